The van der Waals surface area contributed by atoms with E-state index in [1.54, 1.807) is 0 Å². The molecule has 0 aromatic heterocycles. The molecular formula is C14H23Cl3O2. The van der Waals surface area contributed by atoms with Gasteiger partial charge in [0.1, 0.15) is 0 Å². The third-order valence-electron chi connectivity index (χ3n) is 2.96. The Labute approximate surface area is 131 Å². The van der Waals surface area contributed by atoms with Crippen LogP contribution in [0.3, 0.4) is 0 Å². The van der Waals surface area contributed by atoms with Gasteiger partial charge in [0.15, 0.2) is 3.79 Å². The van der Waals surface area contributed by atoms with Crippen molar-refractivity contribution in [3.63, 3.8) is 0 Å². The molecule has 1 unspecified atom stereocenters. The van der Waals surface area contributed by atoms with Crippen molar-refractivity contribution in [3.05, 3.63) is 12.7 Å². The van der Waals surface area contributed by atoms with Crippen LogP contribution in [0.2, 0.25) is 0 Å². The number of carbonyl (C=O) groups excluding carboxylic acids is 1. The highest BCUT2D eigenvalue weighted by Gasteiger charge is 2.32. The smallest absolute Gasteiger partial charge is 0.330 e. The third-order valence-corrected chi connectivity index (χ3v) is 3.89. The predicted molar refractivity (Wildman–Crippen MR) is 82.9 cm³/mol. The Bertz CT molecular complexity index is 262. The molecule has 0 heterocycles. The largest absolute Gasteiger partial charge is 0.462 e. The fraction of sp³-hybridized carbons (Fsp3) is 0.786. The van der Waals surface area contributed by atoms with Crippen molar-refractivity contribution in [1.29, 1.82) is 0 Å². The highest BCUT2D eigenvalue weighted by atomic mass is 35.6. The van der Waals surface area contributed by atoms with Gasteiger partial charge in [0.05, 0.1) is 6.61 Å². The van der Waals surface area contributed by atoms with E-state index in [0.29, 0.717) is 0 Å². The molecule has 112 valence electrons. The second-order valence-electron chi connectivity index (χ2n) is 4.63. The lowest BCUT2D eigenvalue weighted by molar-refractivity contribution is -0.139. The third kappa shape index (κ3) is 10.5. The standard InChI is InChI=1S/C14H23Cl3O2/c1-3-5-6-7-8-9-10-12(14(15,16)17)11-19-13(18)4-2/h4,12H,2-3,5-11H2,1H3. The number of esters is 1. The number of carbonyl (C=O) groups is 1. The van der Waals surface area contributed by atoms with Gasteiger partial charge < -0.3 is 4.74 Å². The summed E-state index contributed by atoms with van der Waals surface area (Å²) < 4.78 is 3.57. The minimum Gasteiger partial charge on any atom is -0.462 e. The topological polar surface area (TPSA) is 26.3 Å². The Morgan fingerprint density at radius 1 is 1.21 bits per heavy atom. The molecule has 0 spiro atoms. The maximum absolute atomic E-state index is 11.0. The van der Waals surface area contributed by atoms with Crippen LogP contribution in [0.25, 0.3) is 0 Å². The summed E-state index contributed by atoms with van der Waals surface area (Å²) in [7, 11) is 0. The van der Waals surface area contributed by atoms with E-state index in [4.69, 9.17) is 39.5 Å². The molecule has 0 bridgehead atoms. The summed E-state index contributed by atoms with van der Waals surface area (Å²) >= 11 is 17.7. The van der Waals surface area contributed by atoms with Gasteiger partial charge in [-0.2, -0.15) is 0 Å². The van der Waals surface area contributed by atoms with E-state index in [9.17, 15) is 4.79 Å². The number of hydrogen-bond donors (Lipinski definition) is 0. The number of rotatable bonds is 10. The van der Waals surface area contributed by atoms with Crippen LogP contribution in [0.4, 0.5) is 0 Å². The quantitative estimate of drug-likeness (QED) is 0.230. The average Bonchev–Trinajstić information content (AvgIpc) is 2.35. The highest BCUT2D eigenvalue weighted by molar-refractivity contribution is 6.67. The molecule has 2 nitrogen and oxygen atoms in total. The lowest BCUT2D eigenvalue weighted by Gasteiger charge is -2.23. The fourth-order valence-corrected chi connectivity index (χ4v) is 2.27. The molecule has 0 aliphatic rings. The molecule has 0 rings (SSSR count). The number of halogens is 3. The van der Waals surface area contributed by atoms with Gasteiger partial charge in [-0.05, 0) is 6.42 Å². The summed E-state index contributed by atoms with van der Waals surface area (Å²) in [4.78, 5) is 11.0. The number of unbranched alkanes of at least 4 members (excludes halogenated alkanes) is 5. The van der Waals surface area contributed by atoms with Crippen LogP contribution in [-0.4, -0.2) is 16.4 Å². The van der Waals surface area contributed by atoms with E-state index in [2.05, 4.69) is 13.5 Å². The van der Waals surface area contributed by atoms with Crippen LogP contribution < -0.4 is 0 Å². The van der Waals surface area contributed by atoms with E-state index < -0.39 is 9.76 Å². The van der Waals surface area contributed by atoms with Gasteiger partial charge in [0, 0.05) is 12.0 Å². The van der Waals surface area contributed by atoms with Gasteiger partial charge in [-0.3, -0.25) is 0 Å². The molecule has 0 aromatic rings. The number of hydrogen-bond acceptors (Lipinski definition) is 2. The van der Waals surface area contributed by atoms with Gasteiger partial charge in [0.25, 0.3) is 0 Å². The van der Waals surface area contributed by atoms with Gasteiger partial charge in [-0.25, -0.2) is 4.79 Å². The van der Waals surface area contributed by atoms with Crippen molar-refractivity contribution in [3.8, 4) is 0 Å². The lowest BCUT2D eigenvalue weighted by Crippen LogP contribution is -2.25. The summed E-state index contributed by atoms with van der Waals surface area (Å²) in [5, 5.41) is 0. The monoisotopic (exact) mass is 328 g/mol. The van der Waals surface area contributed by atoms with Gasteiger partial charge >= 0.3 is 5.97 Å². The molecule has 0 saturated carbocycles. The van der Waals surface area contributed by atoms with E-state index in [1.807, 2.05) is 0 Å². The van der Waals surface area contributed by atoms with Gasteiger partial charge in [-0.15, -0.1) is 0 Å². The van der Waals surface area contributed by atoms with E-state index in [-0.39, 0.29) is 12.5 Å². The molecular weight excluding hydrogens is 307 g/mol. The van der Waals surface area contributed by atoms with E-state index >= 15 is 0 Å². The van der Waals surface area contributed by atoms with Gasteiger partial charge in [0.2, 0.25) is 0 Å². The van der Waals surface area contributed by atoms with Crippen molar-refractivity contribution in [2.75, 3.05) is 6.61 Å². The van der Waals surface area contributed by atoms with Crippen LogP contribution in [-0.2, 0) is 9.53 Å². The maximum atomic E-state index is 11.0. The zero-order valence-electron chi connectivity index (χ0n) is 11.5. The van der Waals surface area contributed by atoms with Crippen molar-refractivity contribution in [2.24, 2.45) is 5.92 Å². The summed E-state index contributed by atoms with van der Waals surface area (Å²) in [6.45, 7) is 5.64. The van der Waals surface area contributed by atoms with Crippen LogP contribution >= 0.6 is 34.8 Å². The Morgan fingerprint density at radius 3 is 2.32 bits per heavy atom. The first-order valence-electron chi connectivity index (χ1n) is 6.77. The Morgan fingerprint density at radius 2 is 1.79 bits per heavy atom. The maximum Gasteiger partial charge on any atom is 0.330 e. The Balaban J connectivity index is 3.94. The molecule has 0 fully saturated rings. The van der Waals surface area contributed by atoms with Crippen molar-refractivity contribution in [2.45, 2.75) is 55.7 Å². The zero-order valence-corrected chi connectivity index (χ0v) is 13.7. The summed E-state index contributed by atoms with van der Waals surface area (Å²) in [6.07, 6.45) is 8.90. The first-order valence-corrected chi connectivity index (χ1v) is 7.91. The summed E-state index contributed by atoms with van der Waals surface area (Å²) in [6, 6.07) is 0. The Kier molecular flexibility index (Phi) is 10.9. The minimum absolute atomic E-state index is 0.121. The van der Waals surface area contributed by atoms with Gasteiger partial charge in [-0.1, -0.05) is 86.8 Å². The van der Waals surface area contributed by atoms with Crippen molar-refractivity contribution >= 4 is 40.8 Å². The SMILES string of the molecule is C=CC(=O)OCC(CCCCCCCC)C(Cl)(Cl)Cl. The average molecular weight is 330 g/mol. The zero-order chi connectivity index (χ0) is 14.7. The second kappa shape index (κ2) is 10.8. The summed E-state index contributed by atoms with van der Waals surface area (Å²) in [5.74, 6) is -0.755. The van der Waals surface area contributed by atoms with E-state index in [1.165, 1.54) is 25.7 Å². The Hall–Kier alpha value is 0.0800. The molecule has 0 aliphatic carbocycles. The fourth-order valence-electron chi connectivity index (χ4n) is 1.75. The molecule has 19 heavy (non-hydrogen) atoms. The normalized spacial score (nSPS) is 13.1. The molecule has 0 radical (unpaired) electrons. The highest BCUT2D eigenvalue weighted by Crippen LogP contribution is 2.38. The van der Waals surface area contributed by atoms with Crippen molar-refractivity contribution in [1.82, 2.24) is 0 Å². The number of alkyl halides is 3. The van der Waals surface area contributed by atoms with Crippen LogP contribution in [0.15, 0.2) is 12.7 Å². The van der Waals surface area contributed by atoms with Crippen LogP contribution in [0, 0.1) is 5.92 Å². The molecule has 0 aromatic carbocycles. The van der Waals surface area contributed by atoms with Crippen molar-refractivity contribution < 1.29 is 9.53 Å². The predicted octanol–water partition coefficient (Wildman–Crippen LogP) is 5.45. The second-order valence-corrected chi connectivity index (χ2v) is 7.00. The van der Waals surface area contributed by atoms with Crippen LogP contribution in [0.5, 0.6) is 0 Å². The summed E-state index contributed by atoms with van der Waals surface area (Å²) in [5.41, 5.74) is 0. The number of ether oxygens (including phenoxy) is 1. The van der Waals surface area contributed by atoms with E-state index in [0.717, 1.165) is 25.3 Å². The van der Waals surface area contributed by atoms with Crippen LogP contribution in [0.1, 0.15) is 51.9 Å². The molecule has 0 saturated heterocycles. The lowest BCUT2D eigenvalue weighted by atomic mass is 10.0. The molecule has 0 amide bonds. The minimum atomic E-state index is -1.40. The first kappa shape index (κ1) is 19.1. The first-order chi connectivity index (χ1) is 8.91. The molecule has 0 aliphatic heterocycles. The molecule has 1 atom stereocenters. The molecule has 0 N–H and O–H groups in total. The molecule has 5 heteroatoms.